The lowest BCUT2D eigenvalue weighted by Crippen LogP contribution is -2.12. The first-order valence-corrected chi connectivity index (χ1v) is 10.4. The molecule has 0 atom stereocenters. The molecular weight excluding hydrogens is 472 g/mol. The van der Waals surface area contributed by atoms with Crippen molar-refractivity contribution in [1.29, 1.82) is 0 Å². The number of ether oxygens (including phenoxy) is 1. The molecule has 2 aromatic heterocycles. The van der Waals surface area contributed by atoms with Gasteiger partial charge in [-0.2, -0.15) is 0 Å². The normalized spacial score (nSPS) is 10.3. The number of amides is 1. The van der Waals surface area contributed by atoms with Crippen LogP contribution in [0.15, 0.2) is 83.7 Å². The summed E-state index contributed by atoms with van der Waals surface area (Å²) in [5.74, 6) is 2.31. The monoisotopic (exact) mass is 490 g/mol. The molecule has 2 heterocycles. The van der Waals surface area contributed by atoms with Gasteiger partial charge in [0, 0.05) is 28.1 Å². The molecule has 160 valence electrons. The molecule has 9 heteroatoms. The van der Waals surface area contributed by atoms with E-state index in [1.807, 2.05) is 42.5 Å². The molecule has 0 fully saturated rings. The van der Waals surface area contributed by atoms with Crippen LogP contribution in [0.3, 0.4) is 0 Å². The number of nitrogens with one attached hydrogen (secondary N) is 3. The van der Waals surface area contributed by atoms with Gasteiger partial charge in [0.15, 0.2) is 0 Å². The number of carbonyl (C=O) groups excluding carboxylic acids is 1. The van der Waals surface area contributed by atoms with E-state index in [0.717, 1.165) is 5.69 Å². The second kappa shape index (κ2) is 9.88. The van der Waals surface area contributed by atoms with Crippen LogP contribution in [-0.2, 0) is 0 Å². The van der Waals surface area contributed by atoms with Gasteiger partial charge in [-0.25, -0.2) is 15.0 Å². The molecule has 0 spiro atoms. The highest BCUT2D eigenvalue weighted by atomic mass is 79.9. The van der Waals surface area contributed by atoms with Gasteiger partial charge >= 0.3 is 0 Å². The zero-order valence-corrected chi connectivity index (χ0v) is 18.6. The number of nitrogens with zero attached hydrogens (tertiary/aromatic N) is 3. The summed E-state index contributed by atoms with van der Waals surface area (Å²) >= 11 is 3.40. The highest BCUT2D eigenvalue weighted by molar-refractivity contribution is 9.10. The van der Waals surface area contributed by atoms with E-state index < -0.39 is 0 Å². The number of pyridine rings is 1. The Labute approximate surface area is 193 Å². The van der Waals surface area contributed by atoms with Gasteiger partial charge < -0.3 is 20.7 Å². The number of aromatic nitrogens is 3. The van der Waals surface area contributed by atoms with Gasteiger partial charge in [0.1, 0.15) is 29.5 Å². The van der Waals surface area contributed by atoms with E-state index in [1.165, 1.54) is 6.33 Å². The summed E-state index contributed by atoms with van der Waals surface area (Å²) in [6.45, 7) is 0. The fourth-order valence-corrected chi connectivity index (χ4v) is 3.28. The predicted octanol–water partition coefficient (Wildman–Crippen LogP) is 5.38. The maximum absolute atomic E-state index is 12.6. The molecule has 0 bridgehead atoms. The van der Waals surface area contributed by atoms with Crippen molar-refractivity contribution < 1.29 is 9.53 Å². The van der Waals surface area contributed by atoms with E-state index in [9.17, 15) is 4.79 Å². The van der Waals surface area contributed by atoms with Crippen LogP contribution in [0.2, 0.25) is 0 Å². The summed E-state index contributed by atoms with van der Waals surface area (Å²) in [4.78, 5) is 25.3. The number of hydrogen-bond donors (Lipinski definition) is 3. The fourth-order valence-electron chi connectivity index (χ4n) is 2.85. The quantitative estimate of drug-likeness (QED) is 0.319. The summed E-state index contributed by atoms with van der Waals surface area (Å²) in [6, 6.07) is 19.9. The first-order chi connectivity index (χ1) is 15.6. The van der Waals surface area contributed by atoms with Crippen LogP contribution in [0.25, 0.3) is 0 Å². The average molecular weight is 491 g/mol. The average Bonchev–Trinajstić information content (AvgIpc) is 2.81. The Morgan fingerprint density at radius 1 is 0.844 bits per heavy atom. The lowest BCUT2D eigenvalue weighted by atomic mass is 10.2. The number of benzene rings is 2. The fraction of sp³-hybridized carbons (Fsp3) is 0.0435. The van der Waals surface area contributed by atoms with Gasteiger partial charge in [-0.1, -0.05) is 6.07 Å². The smallest absolute Gasteiger partial charge is 0.256 e. The van der Waals surface area contributed by atoms with Crippen molar-refractivity contribution >= 4 is 50.7 Å². The molecule has 0 saturated heterocycles. The Bertz CT molecular complexity index is 1220. The molecule has 0 aliphatic carbocycles. The third-order valence-electron chi connectivity index (χ3n) is 4.42. The number of halogens is 1. The molecule has 4 aromatic rings. The van der Waals surface area contributed by atoms with E-state index in [-0.39, 0.29) is 5.91 Å². The summed E-state index contributed by atoms with van der Waals surface area (Å²) < 4.78 is 5.88. The zero-order chi connectivity index (χ0) is 22.3. The van der Waals surface area contributed by atoms with Gasteiger partial charge in [0.05, 0.1) is 12.7 Å². The summed E-state index contributed by atoms with van der Waals surface area (Å²) in [5.41, 5.74) is 1.96. The predicted molar refractivity (Wildman–Crippen MR) is 128 cm³/mol. The number of anilines is 5. The minimum atomic E-state index is -0.238. The highest BCUT2D eigenvalue weighted by Crippen LogP contribution is 2.24. The van der Waals surface area contributed by atoms with Crippen LogP contribution in [0.4, 0.5) is 28.8 Å². The topological polar surface area (TPSA) is 101 Å². The number of rotatable bonds is 7. The van der Waals surface area contributed by atoms with Gasteiger partial charge in [-0.3, -0.25) is 4.79 Å². The molecule has 0 unspecified atom stereocenters. The van der Waals surface area contributed by atoms with E-state index >= 15 is 0 Å². The molecular formula is C23H19BrN6O2. The second-order valence-corrected chi connectivity index (χ2v) is 7.49. The number of hydrogen-bond acceptors (Lipinski definition) is 7. The van der Waals surface area contributed by atoms with Gasteiger partial charge in [0.2, 0.25) is 0 Å². The van der Waals surface area contributed by atoms with Crippen LogP contribution >= 0.6 is 15.9 Å². The third kappa shape index (κ3) is 5.38. The van der Waals surface area contributed by atoms with Gasteiger partial charge in [0.25, 0.3) is 5.91 Å². The Hall–Kier alpha value is -3.98. The Morgan fingerprint density at radius 3 is 2.31 bits per heavy atom. The van der Waals surface area contributed by atoms with E-state index in [0.29, 0.717) is 38.9 Å². The standard InChI is InChI=1S/C23H19BrN6O2/c1-32-17-9-10-19(24)18(12-17)23(31)29-16-7-5-15(6-8-16)28-21-13-22(27-14-26-21)30-20-4-2-3-11-25-20/h2-14H,1H3,(H,29,31)(H2,25,26,27,28,30). The highest BCUT2D eigenvalue weighted by Gasteiger charge is 2.12. The first kappa shape index (κ1) is 21.3. The summed E-state index contributed by atoms with van der Waals surface area (Å²) in [6.07, 6.45) is 3.17. The van der Waals surface area contributed by atoms with Crippen molar-refractivity contribution in [2.45, 2.75) is 0 Å². The molecule has 0 aliphatic heterocycles. The SMILES string of the molecule is COc1ccc(Br)c(C(=O)Nc2ccc(Nc3cc(Nc4ccccn4)ncn3)cc2)c1. The molecule has 3 N–H and O–H groups in total. The number of methoxy groups -OCH3 is 1. The molecule has 4 rings (SSSR count). The largest absolute Gasteiger partial charge is 0.497 e. The lowest BCUT2D eigenvalue weighted by Gasteiger charge is -2.11. The zero-order valence-electron chi connectivity index (χ0n) is 17.0. The molecule has 1 amide bonds. The Kier molecular flexibility index (Phi) is 6.57. The maximum atomic E-state index is 12.6. The Morgan fingerprint density at radius 2 is 1.59 bits per heavy atom. The molecule has 2 aromatic carbocycles. The van der Waals surface area contributed by atoms with E-state index in [2.05, 4.69) is 46.8 Å². The van der Waals surface area contributed by atoms with Crippen molar-refractivity contribution in [3.8, 4) is 5.75 Å². The maximum Gasteiger partial charge on any atom is 0.256 e. The van der Waals surface area contributed by atoms with Crippen molar-refractivity contribution in [2.75, 3.05) is 23.1 Å². The van der Waals surface area contributed by atoms with Crippen molar-refractivity contribution in [2.24, 2.45) is 0 Å². The number of carbonyl (C=O) groups is 1. The summed E-state index contributed by atoms with van der Waals surface area (Å²) in [5, 5.41) is 9.23. The van der Waals surface area contributed by atoms with Gasteiger partial charge in [-0.15, -0.1) is 0 Å². The van der Waals surface area contributed by atoms with E-state index in [1.54, 1.807) is 37.6 Å². The minimum absolute atomic E-state index is 0.238. The van der Waals surface area contributed by atoms with Crippen LogP contribution < -0.4 is 20.7 Å². The molecule has 0 aliphatic rings. The Balaban J connectivity index is 1.41. The van der Waals surface area contributed by atoms with Crippen LogP contribution in [0.5, 0.6) is 5.75 Å². The molecule has 8 nitrogen and oxygen atoms in total. The van der Waals surface area contributed by atoms with Crippen LogP contribution in [0, 0.1) is 0 Å². The molecule has 0 radical (unpaired) electrons. The van der Waals surface area contributed by atoms with Crippen LogP contribution in [0.1, 0.15) is 10.4 Å². The van der Waals surface area contributed by atoms with Crippen molar-refractivity contribution in [3.63, 3.8) is 0 Å². The molecule has 0 saturated carbocycles. The van der Waals surface area contributed by atoms with Crippen molar-refractivity contribution in [3.05, 3.63) is 89.3 Å². The second-order valence-electron chi connectivity index (χ2n) is 6.63. The molecule has 32 heavy (non-hydrogen) atoms. The van der Waals surface area contributed by atoms with Crippen molar-refractivity contribution in [1.82, 2.24) is 15.0 Å². The first-order valence-electron chi connectivity index (χ1n) is 9.63. The summed E-state index contributed by atoms with van der Waals surface area (Å²) in [7, 11) is 1.56. The van der Waals surface area contributed by atoms with E-state index in [4.69, 9.17) is 4.74 Å². The van der Waals surface area contributed by atoms with Gasteiger partial charge in [-0.05, 0) is 70.5 Å². The minimum Gasteiger partial charge on any atom is -0.497 e. The lowest BCUT2D eigenvalue weighted by molar-refractivity contribution is 0.102. The van der Waals surface area contributed by atoms with Crippen LogP contribution in [-0.4, -0.2) is 28.0 Å². The third-order valence-corrected chi connectivity index (χ3v) is 5.11.